The molecule has 1 saturated heterocycles. The third-order valence-electron chi connectivity index (χ3n) is 1.52. The van der Waals surface area contributed by atoms with Crippen LogP contribution in [0.5, 0.6) is 0 Å². The predicted octanol–water partition coefficient (Wildman–Crippen LogP) is -1.38. The van der Waals surface area contributed by atoms with Crippen LogP contribution in [-0.2, 0) is 4.74 Å². The molecule has 0 radical (unpaired) electrons. The van der Waals surface area contributed by atoms with E-state index in [1.54, 1.807) is 0 Å². The fraction of sp³-hybridized carbons (Fsp3) is 1.00. The van der Waals surface area contributed by atoms with Gasteiger partial charge < -0.3 is 14.7 Å². The quantitative estimate of drug-likeness (QED) is 0.466. The molecule has 9 heavy (non-hydrogen) atoms. The van der Waals surface area contributed by atoms with Crippen LogP contribution >= 0.6 is 0 Å². The first-order valence-corrected chi connectivity index (χ1v) is 3.34. The molecule has 1 aliphatic rings. The normalized spacial score (nSPS) is 21.9. The number of rotatable bonds is 2. The highest BCUT2D eigenvalue weighted by Crippen LogP contribution is 1.93. The molecule has 0 aliphatic carbocycles. The molecule has 3 nitrogen and oxygen atoms in total. The zero-order valence-corrected chi connectivity index (χ0v) is 5.55. The van der Waals surface area contributed by atoms with E-state index in [9.17, 15) is 0 Å². The zero-order chi connectivity index (χ0) is 6.53. The second kappa shape index (κ2) is 3.87. The van der Waals surface area contributed by atoms with Gasteiger partial charge in [-0.25, -0.2) is 0 Å². The van der Waals surface area contributed by atoms with E-state index < -0.39 is 0 Å². The topological polar surface area (TPSA) is 32.7 Å². The van der Waals surface area contributed by atoms with Gasteiger partial charge in [0.05, 0.1) is 13.2 Å². The molecule has 0 atom stereocenters. The summed E-state index contributed by atoms with van der Waals surface area (Å²) in [6, 6.07) is 0. The molecule has 0 spiro atoms. The number of ether oxygens (including phenoxy) is 1. The van der Waals surface area contributed by atoms with Crippen LogP contribution in [0.3, 0.4) is 0 Å². The summed E-state index contributed by atoms with van der Waals surface area (Å²) in [5.41, 5.74) is 0. The SMILES string of the molecule is OBCN1CCOCC1. The maximum absolute atomic E-state index is 8.54. The summed E-state index contributed by atoms with van der Waals surface area (Å²) in [6.45, 7) is 3.58. The van der Waals surface area contributed by atoms with Gasteiger partial charge in [0.1, 0.15) is 0 Å². The standard InChI is InChI=1S/C5H12BNO2/c8-6-5-7-1-3-9-4-2-7/h6,8H,1-5H2. The van der Waals surface area contributed by atoms with E-state index in [2.05, 4.69) is 4.90 Å². The minimum absolute atomic E-state index is 0.264. The molecule has 0 bridgehead atoms. The van der Waals surface area contributed by atoms with Gasteiger partial charge >= 0.3 is 0 Å². The van der Waals surface area contributed by atoms with Gasteiger partial charge in [0.2, 0.25) is 0 Å². The Kier molecular flexibility index (Phi) is 3.04. The summed E-state index contributed by atoms with van der Waals surface area (Å²) in [5, 5.41) is 8.54. The Bertz CT molecular complexity index is 72.6. The minimum Gasteiger partial charge on any atom is -0.453 e. The third kappa shape index (κ3) is 2.34. The number of morpholine rings is 1. The summed E-state index contributed by atoms with van der Waals surface area (Å²) in [5.74, 6) is 0. The van der Waals surface area contributed by atoms with Crippen LogP contribution in [0, 0.1) is 0 Å². The smallest absolute Gasteiger partial charge is 0.285 e. The van der Waals surface area contributed by atoms with Crippen LogP contribution in [-0.4, -0.2) is 50.2 Å². The van der Waals surface area contributed by atoms with Gasteiger partial charge in [0.15, 0.2) is 0 Å². The molecule has 4 heteroatoms. The minimum atomic E-state index is 0.264. The van der Waals surface area contributed by atoms with E-state index in [0.29, 0.717) is 0 Å². The highest BCUT2D eigenvalue weighted by molar-refractivity contribution is 6.25. The zero-order valence-electron chi connectivity index (χ0n) is 5.55. The van der Waals surface area contributed by atoms with Gasteiger partial charge in [-0.15, -0.1) is 0 Å². The van der Waals surface area contributed by atoms with Crippen molar-refractivity contribution >= 4 is 7.48 Å². The van der Waals surface area contributed by atoms with Crippen LogP contribution in [0.25, 0.3) is 0 Å². The second-order valence-corrected chi connectivity index (χ2v) is 2.18. The van der Waals surface area contributed by atoms with E-state index in [1.807, 2.05) is 0 Å². The van der Waals surface area contributed by atoms with Crippen molar-refractivity contribution in [3.63, 3.8) is 0 Å². The monoisotopic (exact) mass is 129 g/mol. The predicted molar refractivity (Wildman–Crippen MR) is 36.6 cm³/mol. The van der Waals surface area contributed by atoms with Crippen molar-refractivity contribution in [1.29, 1.82) is 0 Å². The van der Waals surface area contributed by atoms with Crippen molar-refractivity contribution in [2.45, 2.75) is 0 Å². The van der Waals surface area contributed by atoms with Gasteiger partial charge in [-0.1, -0.05) is 0 Å². The molecule has 0 aromatic heterocycles. The molecule has 1 N–H and O–H groups in total. The Hall–Kier alpha value is -0.0551. The highest BCUT2D eigenvalue weighted by atomic mass is 16.5. The van der Waals surface area contributed by atoms with Gasteiger partial charge in [0, 0.05) is 19.5 Å². The van der Waals surface area contributed by atoms with E-state index in [-0.39, 0.29) is 7.48 Å². The maximum Gasteiger partial charge on any atom is 0.285 e. The molecule has 52 valence electrons. The average Bonchev–Trinajstić information content (AvgIpc) is 1.91. The maximum atomic E-state index is 8.54. The Labute approximate surface area is 55.9 Å². The lowest BCUT2D eigenvalue weighted by atomic mass is 10.0. The second-order valence-electron chi connectivity index (χ2n) is 2.18. The first-order chi connectivity index (χ1) is 4.43. The fourth-order valence-electron chi connectivity index (χ4n) is 0.966. The van der Waals surface area contributed by atoms with Crippen LogP contribution in [0.4, 0.5) is 0 Å². The van der Waals surface area contributed by atoms with Crippen LogP contribution in [0.15, 0.2) is 0 Å². The Morgan fingerprint density at radius 2 is 2.11 bits per heavy atom. The number of hydrogen-bond acceptors (Lipinski definition) is 3. The molecule has 1 rings (SSSR count). The molecule has 1 heterocycles. The molecule has 1 aliphatic heterocycles. The molecule has 0 aromatic carbocycles. The molecule has 0 amide bonds. The lowest BCUT2D eigenvalue weighted by Crippen LogP contribution is -2.38. The van der Waals surface area contributed by atoms with Crippen molar-refractivity contribution < 1.29 is 9.76 Å². The Balaban J connectivity index is 2.08. The Morgan fingerprint density at radius 1 is 1.44 bits per heavy atom. The van der Waals surface area contributed by atoms with Crippen molar-refractivity contribution in [2.75, 3.05) is 32.7 Å². The van der Waals surface area contributed by atoms with E-state index >= 15 is 0 Å². The van der Waals surface area contributed by atoms with Crippen LogP contribution in [0.2, 0.25) is 0 Å². The van der Waals surface area contributed by atoms with E-state index in [1.165, 1.54) is 0 Å². The molecule has 0 unspecified atom stereocenters. The van der Waals surface area contributed by atoms with Crippen LogP contribution in [0.1, 0.15) is 0 Å². The van der Waals surface area contributed by atoms with Gasteiger partial charge in [-0.2, -0.15) is 0 Å². The summed E-state index contributed by atoms with van der Waals surface area (Å²) < 4.78 is 5.12. The first-order valence-electron chi connectivity index (χ1n) is 3.34. The molecule has 0 saturated carbocycles. The lowest BCUT2D eigenvalue weighted by molar-refractivity contribution is 0.0454. The largest absolute Gasteiger partial charge is 0.453 e. The van der Waals surface area contributed by atoms with Crippen molar-refractivity contribution in [1.82, 2.24) is 4.90 Å². The first kappa shape index (κ1) is 7.06. The summed E-state index contributed by atoms with van der Waals surface area (Å²) in [4.78, 5) is 2.20. The van der Waals surface area contributed by atoms with Gasteiger partial charge in [0.25, 0.3) is 7.48 Å². The highest BCUT2D eigenvalue weighted by Gasteiger charge is 2.08. The number of hydrogen-bond donors (Lipinski definition) is 1. The van der Waals surface area contributed by atoms with Gasteiger partial charge in [-0.05, 0) is 0 Å². The third-order valence-corrected chi connectivity index (χ3v) is 1.52. The van der Waals surface area contributed by atoms with Crippen molar-refractivity contribution in [3.05, 3.63) is 0 Å². The lowest BCUT2D eigenvalue weighted by Gasteiger charge is -2.25. The Morgan fingerprint density at radius 3 is 2.67 bits per heavy atom. The molecule has 0 aromatic rings. The molecular formula is C5H12BNO2. The van der Waals surface area contributed by atoms with E-state index in [0.717, 1.165) is 32.7 Å². The van der Waals surface area contributed by atoms with Crippen LogP contribution < -0.4 is 0 Å². The summed E-state index contributed by atoms with van der Waals surface area (Å²) in [7, 11) is 0.264. The molecular weight excluding hydrogens is 117 g/mol. The summed E-state index contributed by atoms with van der Waals surface area (Å²) >= 11 is 0. The van der Waals surface area contributed by atoms with Crippen molar-refractivity contribution in [3.8, 4) is 0 Å². The number of nitrogens with zero attached hydrogens (tertiary/aromatic N) is 1. The van der Waals surface area contributed by atoms with Crippen molar-refractivity contribution in [2.24, 2.45) is 0 Å². The molecule has 1 fully saturated rings. The fourth-order valence-corrected chi connectivity index (χ4v) is 0.966. The average molecular weight is 129 g/mol. The van der Waals surface area contributed by atoms with E-state index in [4.69, 9.17) is 9.76 Å². The summed E-state index contributed by atoms with van der Waals surface area (Å²) in [6.07, 6.45) is 0.795. The van der Waals surface area contributed by atoms with Gasteiger partial charge in [-0.3, -0.25) is 0 Å².